The van der Waals surface area contributed by atoms with E-state index in [0.717, 1.165) is 11.3 Å². The van der Waals surface area contributed by atoms with Gasteiger partial charge >= 0.3 is 0 Å². The number of carbonyl (C=O) groups excluding carboxylic acids is 1. The lowest BCUT2D eigenvalue weighted by Gasteiger charge is -2.07. The zero-order chi connectivity index (χ0) is 15.8. The quantitative estimate of drug-likeness (QED) is 0.827. The normalized spacial score (nSPS) is 9.82. The summed E-state index contributed by atoms with van der Waals surface area (Å²) in [7, 11) is 0. The molecule has 0 atom stereocenters. The van der Waals surface area contributed by atoms with E-state index < -0.39 is 0 Å². The van der Waals surface area contributed by atoms with Crippen LogP contribution in [0, 0.1) is 18.3 Å². The molecule has 2 aromatic rings. The van der Waals surface area contributed by atoms with E-state index in [1.165, 1.54) is 0 Å². The molecule has 1 amide bonds. The smallest absolute Gasteiger partial charge is 0.224 e. The van der Waals surface area contributed by atoms with Gasteiger partial charge in [-0.1, -0.05) is 12.1 Å². The summed E-state index contributed by atoms with van der Waals surface area (Å²) >= 11 is 0. The second kappa shape index (κ2) is 7.84. The molecule has 2 rings (SSSR count). The lowest BCUT2D eigenvalue weighted by Crippen LogP contribution is -2.12. The molecule has 0 spiro atoms. The van der Waals surface area contributed by atoms with Crippen LogP contribution < -0.4 is 10.1 Å². The fraction of sp³-hybridized carbons (Fsp3) is 0.222. The molecule has 2 aromatic carbocycles. The maximum Gasteiger partial charge on any atom is 0.224 e. The number of hydrogen-bond acceptors (Lipinski definition) is 3. The highest BCUT2D eigenvalue weighted by molar-refractivity contribution is 5.90. The summed E-state index contributed by atoms with van der Waals surface area (Å²) < 4.78 is 5.60. The molecular formula is C18H18N2O2. The Balaban J connectivity index is 1.70. The third kappa shape index (κ3) is 4.95. The van der Waals surface area contributed by atoms with Crippen LogP contribution in [0.15, 0.2) is 48.5 Å². The minimum absolute atomic E-state index is 0.0578. The number of hydrogen-bond donors (Lipinski definition) is 1. The fourth-order valence-corrected chi connectivity index (χ4v) is 1.98. The average molecular weight is 294 g/mol. The second-order valence-corrected chi connectivity index (χ2v) is 5.01. The average Bonchev–Trinajstić information content (AvgIpc) is 2.52. The molecule has 0 aliphatic heterocycles. The molecule has 1 N–H and O–H groups in total. The highest BCUT2D eigenvalue weighted by atomic mass is 16.5. The van der Waals surface area contributed by atoms with Crippen LogP contribution in [0.2, 0.25) is 0 Å². The molecule has 0 aromatic heterocycles. The summed E-state index contributed by atoms with van der Waals surface area (Å²) in [5.74, 6) is 0.769. The fourth-order valence-electron chi connectivity index (χ4n) is 1.98. The zero-order valence-corrected chi connectivity index (χ0v) is 12.5. The van der Waals surface area contributed by atoms with Crippen LogP contribution in [0.1, 0.15) is 24.0 Å². The molecule has 0 bridgehead atoms. The molecule has 0 saturated heterocycles. The molecule has 0 aliphatic rings. The van der Waals surface area contributed by atoms with Crippen molar-refractivity contribution in [2.75, 3.05) is 11.9 Å². The Kier molecular flexibility index (Phi) is 5.56. The number of carbonyl (C=O) groups is 1. The third-order valence-electron chi connectivity index (χ3n) is 3.10. The van der Waals surface area contributed by atoms with E-state index in [9.17, 15) is 4.79 Å². The van der Waals surface area contributed by atoms with Crippen molar-refractivity contribution in [3.8, 4) is 11.8 Å². The number of amides is 1. The van der Waals surface area contributed by atoms with Gasteiger partial charge in [-0.2, -0.15) is 5.26 Å². The SMILES string of the molecule is Cc1cccc(OCCCC(=O)Nc2ccc(C#N)cc2)c1. The molecule has 0 aliphatic carbocycles. The van der Waals surface area contributed by atoms with Crippen molar-refractivity contribution in [2.45, 2.75) is 19.8 Å². The molecular weight excluding hydrogens is 276 g/mol. The van der Waals surface area contributed by atoms with Gasteiger partial charge in [-0.25, -0.2) is 0 Å². The summed E-state index contributed by atoms with van der Waals surface area (Å²) in [5, 5.41) is 11.5. The molecule has 0 radical (unpaired) electrons. The van der Waals surface area contributed by atoms with Crippen molar-refractivity contribution in [2.24, 2.45) is 0 Å². The van der Waals surface area contributed by atoms with Gasteiger partial charge in [0, 0.05) is 12.1 Å². The Morgan fingerprint density at radius 1 is 1.23 bits per heavy atom. The van der Waals surface area contributed by atoms with Gasteiger partial charge in [-0.15, -0.1) is 0 Å². The van der Waals surface area contributed by atoms with Gasteiger partial charge in [0.05, 0.1) is 18.2 Å². The van der Waals surface area contributed by atoms with E-state index in [2.05, 4.69) is 5.32 Å². The van der Waals surface area contributed by atoms with Crippen molar-refractivity contribution in [3.63, 3.8) is 0 Å². The lowest BCUT2D eigenvalue weighted by molar-refractivity contribution is -0.116. The van der Waals surface area contributed by atoms with Crippen LogP contribution in [-0.2, 0) is 4.79 Å². The highest BCUT2D eigenvalue weighted by Gasteiger charge is 2.03. The number of nitrogens with zero attached hydrogens (tertiary/aromatic N) is 1. The topological polar surface area (TPSA) is 62.1 Å². The number of anilines is 1. The number of aryl methyl sites for hydroxylation is 1. The molecule has 0 unspecified atom stereocenters. The summed E-state index contributed by atoms with van der Waals surface area (Å²) in [4.78, 5) is 11.8. The first-order valence-electron chi connectivity index (χ1n) is 7.17. The minimum Gasteiger partial charge on any atom is -0.494 e. The number of rotatable bonds is 6. The molecule has 112 valence electrons. The Morgan fingerprint density at radius 3 is 2.68 bits per heavy atom. The summed E-state index contributed by atoms with van der Waals surface area (Å²) in [5.41, 5.74) is 2.42. The zero-order valence-electron chi connectivity index (χ0n) is 12.5. The first kappa shape index (κ1) is 15.6. The predicted octanol–water partition coefficient (Wildman–Crippen LogP) is 3.66. The third-order valence-corrected chi connectivity index (χ3v) is 3.10. The maximum atomic E-state index is 11.8. The number of benzene rings is 2. The Morgan fingerprint density at radius 2 is 2.00 bits per heavy atom. The summed E-state index contributed by atoms with van der Waals surface area (Å²) in [6, 6.07) is 16.7. The van der Waals surface area contributed by atoms with Crippen LogP contribution in [0.3, 0.4) is 0 Å². The van der Waals surface area contributed by atoms with Gasteiger partial charge in [0.1, 0.15) is 5.75 Å². The van der Waals surface area contributed by atoms with Gasteiger partial charge < -0.3 is 10.1 Å². The van der Waals surface area contributed by atoms with Crippen molar-refractivity contribution < 1.29 is 9.53 Å². The monoisotopic (exact) mass is 294 g/mol. The number of nitriles is 1. The van der Waals surface area contributed by atoms with Crippen LogP contribution in [-0.4, -0.2) is 12.5 Å². The first-order valence-corrected chi connectivity index (χ1v) is 7.17. The van der Waals surface area contributed by atoms with Crippen molar-refractivity contribution in [1.82, 2.24) is 0 Å². The van der Waals surface area contributed by atoms with Crippen molar-refractivity contribution in [1.29, 1.82) is 5.26 Å². The van der Waals surface area contributed by atoms with E-state index in [1.54, 1.807) is 24.3 Å². The molecule has 4 heteroatoms. The first-order chi connectivity index (χ1) is 10.7. The highest BCUT2D eigenvalue weighted by Crippen LogP contribution is 2.13. The van der Waals surface area contributed by atoms with Gasteiger partial charge in [0.15, 0.2) is 0 Å². The molecule has 0 saturated carbocycles. The Bertz CT molecular complexity index is 672. The molecule has 0 heterocycles. The van der Waals surface area contributed by atoms with E-state index in [4.69, 9.17) is 10.00 Å². The minimum atomic E-state index is -0.0578. The van der Waals surface area contributed by atoms with Gasteiger partial charge in [0.2, 0.25) is 5.91 Å². The number of ether oxygens (including phenoxy) is 1. The van der Waals surface area contributed by atoms with E-state index in [0.29, 0.717) is 30.7 Å². The summed E-state index contributed by atoms with van der Waals surface area (Å²) in [6.45, 7) is 2.52. The van der Waals surface area contributed by atoms with Gasteiger partial charge in [-0.3, -0.25) is 4.79 Å². The van der Waals surface area contributed by atoms with Crippen LogP contribution >= 0.6 is 0 Å². The number of nitrogens with one attached hydrogen (secondary N) is 1. The molecule has 0 fully saturated rings. The van der Waals surface area contributed by atoms with Gasteiger partial charge in [-0.05, 0) is 55.3 Å². The van der Waals surface area contributed by atoms with Crippen LogP contribution in [0.25, 0.3) is 0 Å². The van der Waals surface area contributed by atoms with E-state index >= 15 is 0 Å². The van der Waals surface area contributed by atoms with E-state index in [1.807, 2.05) is 37.3 Å². The Labute approximate surface area is 130 Å². The summed E-state index contributed by atoms with van der Waals surface area (Å²) in [6.07, 6.45) is 1.04. The lowest BCUT2D eigenvalue weighted by atomic mass is 10.2. The largest absolute Gasteiger partial charge is 0.494 e. The predicted molar refractivity (Wildman–Crippen MR) is 85.7 cm³/mol. The van der Waals surface area contributed by atoms with Crippen molar-refractivity contribution >= 4 is 11.6 Å². The van der Waals surface area contributed by atoms with Gasteiger partial charge in [0.25, 0.3) is 0 Å². The van der Waals surface area contributed by atoms with Crippen LogP contribution in [0.4, 0.5) is 5.69 Å². The Hall–Kier alpha value is -2.80. The van der Waals surface area contributed by atoms with E-state index in [-0.39, 0.29) is 5.91 Å². The standard InChI is InChI=1S/C18H18N2O2/c1-14-4-2-5-17(12-14)22-11-3-6-18(21)20-16-9-7-15(13-19)8-10-16/h2,4-5,7-10,12H,3,6,11H2,1H3,(H,20,21). The van der Waals surface area contributed by atoms with Crippen molar-refractivity contribution in [3.05, 3.63) is 59.7 Å². The van der Waals surface area contributed by atoms with Crippen LogP contribution in [0.5, 0.6) is 5.75 Å². The second-order valence-electron chi connectivity index (χ2n) is 5.01. The maximum absolute atomic E-state index is 11.8. The molecule has 4 nitrogen and oxygen atoms in total. The molecule has 22 heavy (non-hydrogen) atoms.